The van der Waals surface area contributed by atoms with E-state index < -0.39 is 5.97 Å². The number of hydrogen-bond donors (Lipinski definition) is 2. The summed E-state index contributed by atoms with van der Waals surface area (Å²) in [6.45, 7) is 6.51. The van der Waals surface area contributed by atoms with Crippen molar-refractivity contribution in [1.29, 1.82) is 0 Å². The number of unbranched alkanes of at least 4 members (excludes halogenated alkanes) is 2. The number of nitrogens with one attached hydrogen (secondary N) is 1. The van der Waals surface area contributed by atoms with E-state index in [0.717, 1.165) is 35.3 Å². The number of benzene rings is 1. The topological polar surface area (TPSA) is 75.6 Å². The van der Waals surface area contributed by atoms with Gasteiger partial charge in [-0.2, -0.15) is 0 Å². The Bertz CT molecular complexity index is 526. The summed E-state index contributed by atoms with van der Waals surface area (Å²) >= 11 is 0. The van der Waals surface area contributed by atoms with Crippen molar-refractivity contribution in [2.45, 2.75) is 46.5 Å². The number of ether oxygens (including phenoxy) is 1. The van der Waals surface area contributed by atoms with Gasteiger partial charge in [0.1, 0.15) is 5.75 Å². The van der Waals surface area contributed by atoms with Gasteiger partial charge in [-0.15, -0.1) is 0 Å². The molecule has 0 aliphatic rings. The van der Waals surface area contributed by atoms with Gasteiger partial charge in [0.15, 0.2) is 6.61 Å². The number of aryl methyl sites for hydroxylation is 2. The smallest absolute Gasteiger partial charge is 0.303 e. The van der Waals surface area contributed by atoms with Gasteiger partial charge in [0.05, 0.1) is 0 Å². The summed E-state index contributed by atoms with van der Waals surface area (Å²) in [6.07, 6.45) is 2.40. The molecule has 0 atom stereocenters. The summed E-state index contributed by atoms with van der Waals surface area (Å²) in [4.78, 5) is 22.1. The Morgan fingerprint density at radius 1 is 1.09 bits per heavy atom. The van der Waals surface area contributed by atoms with Crippen molar-refractivity contribution < 1.29 is 19.4 Å². The second-order valence-corrected chi connectivity index (χ2v) is 5.50. The van der Waals surface area contributed by atoms with Crippen LogP contribution in [0, 0.1) is 20.8 Å². The monoisotopic (exact) mass is 307 g/mol. The molecule has 0 aromatic heterocycles. The third-order valence-corrected chi connectivity index (χ3v) is 3.61. The van der Waals surface area contributed by atoms with Crippen LogP contribution in [0.5, 0.6) is 5.75 Å². The second kappa shape index (κ2) is 9.07. The van der Waals surface area contributed by atoms with E-state index in [4.69, 9.17) is 9.84 Å². The molecule has 122 valence electrons. The van der Waals surface area contributed by atoms with Crippen LogP contribution in [0.3, 0.4) is 0 Å². The number of aliphatic carboxylic acids is 1. The Morgan fingerprint density at radius 2 is 1.77 bits per heavy atom. The number of carboxylic acid groups (broad SMARTS) is 1. The molecular weight excluding hydrogens is 282 g/mol. The van der Waals surface area contributed by atoms with Crippen molar-refractivity contribution in [2.24, 2.45) is 0 Å². The Morgan fingerprint density at radius 3 is 2.45 bits per heavy atom. The van der Waals surface area contributed by atoms with Gasteiger partial charge in [-0.25, -0.2) is 0 Å². The van der Waals surface area contributed by atoms with Gasteiger partial charge in [-0.3, -0.25) is 9.59 Å². The maximum Gasteiger partial charge on any atom is 0.303 e. The number of rotatable bonds is 9. The first-order valence-corrected chi connectivity index (χ1v) is 7.60. The quantitative estimate of drug-likeness (QED) is 0.688. The fraction of sp³-hybridized carbons (Fsp3) is 0.529. The average molecular weight is 307 g/mol. The third kappa shape index (κ3) is 6.16. The van der Waals surface area contributed by atoms with Gasteiger partial charge in [0, 0.05) is 13.0 Å². The van der Waals surface area contributed by atoms with Crippen LogP contribution in [0.4, 0.5) is 0 Å². The molecular formula is C17H25NO4. The van der Waals surface area contributed by atoms with Gasteiger partial charge < -0.3 is 15.2 Å². The van der Waals surface area contributed by atoms with Gasteiger partial charge in [0.25, 0.3) is 5.91 Å². The van der Waals surface area contributed by atoms with Gasteiger partial charge in [0.2, 0.25) is 0 Å². The molecule has 0 aliphatic heterocycles. The van der Waals surface area contributed by atoms with Crippen LogP contribution in [0.25, 0.3) is 0 Å². The molecule has 2 N–H and O–H groups in total. The summed E-state index contributed by atoms with van der Waals surface area (Å²) < 4.78 is 5.63. The minimum atomic E-state index is -0.777. The molecule has 0 bridgehead atoms. The molecule has 0 saturated carbocycles. The average Bonchev–Trinajstić information content (AvgIpc) is 2.46. The van der Waals surface area contributed by atoms with E-state index in [9.17, 15) is 9.59 Å². The molecule has 1 aromatic carbocycles. The molecule has 5 heteroatoms. The highest BCUT2D eigenvalue weighted by molar-refractivity contribution is 5.77. The Labute approximate surface area is 131 Å². The maximum absolute atomic E-state index is 11.7. The minimum Gasteiger partial charge on any atom is -0.483 e. The lowest BCUT2D eigenvalue weighted by Gasteiger charge is -2.13. The van der Waals surface area contributed by atoms with Crippen LogP contribution in [0.15, 0.2) is 12.1 Å². The molecule has 0 fully saturated rings. The van der Waals surface area contributed by atoms with Crippen molar-refractivity contribution >= 4 is 11.9 Å². The Balaban J connectivity index is 2.27. The van der Waals surface area contributed by atoms with Crippen molar-refractivity contribution in [3.63, 3.8) is 0 Å². The van der Waals surface area contributed by atoms with E-state index in [2.05, 4.69) is 5.32 Å². The summed E-state index contributed by atoms with van der Waals surface area (Å²) in [7, 11) is 0. The van der Waals surface area contributed by atoms with Crippen LogP contribution in [0.2, 0.25) is 0 Å². The fourth-order valence-electron chi connectivity index (χ4n) is 2.14. The maximum atomic E-state index is 11.7. The molecule has 0 aliphatic carbocycles. The summed E-state index contributed by atoms with van der Waals surface area (Å²) in [6, 6.07) is 4.02. The van der Waals surface area contributed by atoms with E-state index >= 15 is 0 Å². The molecule has 0 heterocycles. The van der Waals surface area contributed by atoms with Crippen molar-refractivity contribution in [1.82, 2.24) is 5.32 Å². The highest BCUT2D eigenvalue weighted by Gasteiger charge is 2.09. The normalized spacial score (nSPS) is 10.3. The summed E-state index contributed by atoms with van der Waals surface area (Å²) in [5.41, 5.74) is 3.21. The van der Waals surface area contributed by atoms with Crippen molar-refractivity contribution in [3.05, 3.63) is 28.8 Å². The lowest BCUT2D eigenvalue weighted by molar-refractivity contribution is -0.137. The van der Waals surface area contributed by atoms with E-state index in [1.807, 2.05) is 32.9 Å². The highest BCUT2D eigenvalue weighted by atomic mass is 16.5. The van der Waals surface area contributed by atoms with E-state index in [0.29, 0.717) is 13.0 Å². The lowest BCUT2D eigenvalue weighted by Crippen LogP contribution is -2.30. The van der Waals surface area contributed by atoms with Gasteiger partial charge in [-0.1, -0.05) is 18.6 Å². The zero-order valence-electron chi connectivity index (χ0n) is 13.6. The fourth-order valence-corrected chi connectivity index (χ4v) is 2.14. The van der Waals surface area contributed by atoms with Crippen LogP contribution in [-0.2, 0) is 9.59 Å². The van der Waals surface area contributed by atoms with E-state index in [1.54, 1.807) is 0 Å². The predicted molar refractivity (Wildman–Crippen MR) is 85.3 cm³/mol. The first-order chi connectivity index (χ1) is 10.4. The highest BCUT2D eigenvalue weighted by Crippen LogP contribution is 2.25. The van der Waals surface area contributed by atoms with Crippen molar-refractivity contribution in [3.8, 4) is 5.75 Å². The Hall–Kier alpha value is -2.04. The number of amides is 1. The molecule has 0 unspecified atom stereocenters. The standard InChI is InChI=1S/C17H25NO4/c1-12-8-9-13(2)17(14(12)3)22-11-15(19)18-10-6-4-5-7-16(20)21/h8-9H,4-7,10-11H2,1-3H3,(H,18,19)(H,20,21). The predicted octanol–water partition coefficient (Wildman–Crippen LogP) is 2.75. The number of carbonyl (C=O) groups excluding carboxylic acids is 1. The van der Waals surface area contributed by atoms with Gasteiger partial charge in [-0.05, 0) is 50.3 Å². The molecule has 22 heavy (non-hydrogen) atoms. The van der Waals surface area contributed by atoms with Crippen LogP contribution in [0.1, 0.15) is 42.4 Å². The molecule has 0 radical (unpaired) electrons. The number of hydrogen-bond acceptors (Lipinski definition) is 3. The Kier molecular flexibility index (Phi) is 7.43. The third-order valence-electron chi connectivity index (χ3n) is 3.61. The first kappa shape index (κ1) is 18.0. The van der Waals surface area contributed by atoms with Crippen LogP contribution < -0.4 is 10.1 Å². The van der Waals surface area contributed by atoms with Gasteiger partial charge >= 0.3 is 5.97 Å². The second-order valence-electron chi connectivity index (χ2n) is 5.50. The molecule has 0 spiro atoms. The lowest BCUT2D eigenvalue weighted by atomic mass is 10.1. The number of carboxylic acids is 1. The van der Waals surface area contributed by atoms with Crippen LogP contribution >= 0.6 is 0 Å². The molecule has 0 saturated heterocycles. The summed E-state index contributed by atoms with van der Waals surface area (Å²) in [5.74, 6) is -0.156. The minimum absolute atomic E-state index is 0.000257. The zero-order chi connectivity index (χ0) is 16.5. The molecule has 1 amide bonds. The van der Waals surface area contributed by atoms with E-state index in [1.165, 1.54) is 0 Å². The molecule has 1 aromatic rings. The van der Waals surface area contributed by atoms with E-state index in [-0.39, 0.29) is 18.9 Å². The van der Waals surface area contributed by atoms with Crippen LogP contribution in [-0.4, -0.2) is 30.1 Å². The summed E-state index contributed by atoms with van der Waals surface area (Å²) in [5, 5.41) is 11.3. The molecule has 5 nitrogen and oxygen atoms in total. The number of carbonyl (C=O) groups is 2. The SMILES string of the molecule is Cc1ccc(C)c(OCC(=O)NCCCCCC(=O)O)c1C. The van der Waals surface area contributed by atoms with Crippen molar-refractivity contribution in [2.75, 3.05) is 13.2 Å². The molecule has 1 rings (SSSR count). The largest absolute Gasteiger partial charge is 0.483 e. The first-order valence-electron chi connectivity index (χ1n) is 7.60. The zero-order valence-corrected chi connectivity index (χ0v) is 13.6.